The number of hydrogen-bond acceptors (Lipinski definition) is 3. The number of aryl methyl sites for hydroxylation is 1. The summed E-state index contributed by atoms with van der Waals surface area (Å²) in [6, 6.07) is 10.5. The van der Waals surface area contributed by atoms with E-state index in [1.54, 1.807) is 0 Å². The van der Waals surface area contributed by atoms with Gasteiger partial charge in [0.05, 0.1) is 0 Å². The van der Waals surface area contributed by atoms with Gasteiger partial charge in [-0.1, -0.05) is 44.2 Å². The molecule has 0 saturated carbocycles. The zero-order valence-electron chi connectivity index (χ0n) is 11.1. The van der Waals surface area contributed by atoms with Gasteiger partial charge in [-0.25, -0.2) is 9.97 Å². The molecule has 0 aliphatic rings. The summed E-state index contributed by atoms with van der Waals surface area (Å²) in [5, 5.41) is 3.29. The summed E-state index contributed by atoms with van der Waals surface area (Å²) in [4.78, 5) is 8.51. The molecule has 2 rings (SSSR count). The van der Waals surface area contributed by atoms with Crippen molar-refractivity contribution in [2.45, 2.75) is 26.2 Å². The summed E-state index contributed by atoms with van der Waals surface area (Å²) in [6.07, 6.45) is 3.65. The van der Waals surface area contributed by atoms with E-state index in [0.29, 0.717) is 5.95 Å². The fourth-order valence-electron chi connectivity index (χ4n) is 1.78. The van der Waals surface area contributed by atoms with Crippen LogP contribution in [0, 0.1) is 6.92 Å². The first-order chi connectivity index (χ1) is 8.58. The molecule has 0 aliphatic heterocycles. The number of hydrogen-bond donors (Lipinski definition) is 1. The smallest absolute Gasteiger partial charge is 0.222 e. The quantitative estimate of drug-likeness (QED) is 0.893. The fourth-order valence-corrected chi connectivity index (χ4v) is 1.78. The number of anilines is 1. The molecule has 0 saturated heterocycles. The molecule has 2 aromatic rings. The zero-order valence-corrected chi connectivity index (χ0v) is 11.1. The average molecular weight is 241 g/mol. The van der Waals surface area contributed by atoms with Crippen LogP contribution >= 0.6 is 0 Å². The monoisotopic (exact) mass is 241 g/mol. The van der Waals surface area contributed by atoms with Crippen molar-refractivity contribution in [2.24, 2.45) is 0 Å². The number of aromatic nitrogens is 2. The molecule has 0 spiro atoms. The minimum atomic E-state index is 0.0511. The predicted octanol–water partition coefficient (Wildman–Crippen LogP) is 3.17. The zero-order chi connectivity index (χ0) is 13.0. The highest BCUT2D eigenvalue weighted by molar-refractivity contribution is 5.30. The Kier molecular flexibility index (Phi) is 3.60. The summed E-state index contributed by atoms with van der Waals surface area (Å²) in [5.41, 5.74) is 2.43. The molecule has 0 bridgehead atoms. The SMILES string of the molecule is Cc1cnc(NCC(C)(C)c2ccccc2)nc1. The molecule has 3 nitrogen and oxygen atoms in total. The minimum Gasteiger partial charge on any atom is -0.353 e. The fraction of sp³-hybridized carbons (Fsp3) is 0.333. The Morgan fingerprint density at radius 2 is 1.67 bits per heavy atom. The molecule has 0 radical (unpaired) electrons. The molecule has 94 valence electrons. The average Bonchev–Trinajstić information content (AvgIpc) is 2.39. The van der Waals surface area contributed by atoms with Gasteiger partial charge in [-0.2, -0.15) is 0 Å². The Labute approximate surface area is 108 Å². The first-order valence-electron chi connectivity index (χ1n) is 6.16. The Morgan fingerprint density at radius 1 is 1.06 bits per heavy atom. The normalized spacial score (nSPS) is 11.3. The lowest BCUT2D eigenvalue weighted by Crippen LogP contribution is -2.28. The lowest BCUT2D eigenvalue weighted by Gasteiger charge is -2.25. The molecule has 1 heterocycles. The van der Waals surface area contributed by atoms with E-state index in [1.807, 2.05) is 25.4 Å². The molecule has 1 N–H and O–H groups in total. The number of rotatable bonds is 4. The maximum absolute atomic E-state index is 4.25. The molecular formula is C15H19N3. The molecule has 0 atom stereocenters. The van der Waals surface area contributed by atoms with Crippen LogP contribution in [0.4, 0.5) is 5.95 Å². The molecule has 3 heteroatoms. The summed E-state index contributed by atoms with van der Waals surface area (Å²) in [5.74, 6) is 0.685. The Bertz CT molecular complexity index is 489. The second kappa shape index (κ2) is 5.17. The van der Waals surface area contributed by atoms with Gasteiger partial charge in [-0.3, -0.25) is 0 Å². The molecule has 18 heavy (non-hydrogen) atoms. The number of nitrogens with zero attached hydrogens (tertiary/aromatic N) is 2. The predicted molar refractivity (Wildman–Crippen MR) is 74.7 cm³/mol. The third-order valence-corrected chi connectivity index (χ3v) is 3.02. The molecule has 0 amide bonds. The van der Waals surface area contributed by atoms with Crippen molar-refractivity contribution in [1.29, 1.82) is 0 Å². The van der Waals surface area contributed by atoms with E-state index in [1.165, 1.54) is 5.56 Å². The van der Waals surface area contributed by atoms with Crippen molar-refractivity contribution in [1.82, 2.24) is 9.97 Å². The van der Waals surface area contributed by atoms with Crippen molar-refractivity contribution < 1.29 is 0 Å². The van der Waals surface area contributed by atoms with Gasteiger partial charge in [0.25, 0.3) is 0 Å². The van der Waals surface area contributed by atoms with Crippen molar-refractivity contribution in [2.75, 3.05) is 11.9 Å². The van der Waals surface area contributed by atoms with Crippen LogP contribution in [0.3, 0.4) is 0 Å². The van der Waals surface area contributed by atoms with Gasteiger partial charge in [0, 0.05) is 24.4 Å². The molecule has 0 fully saturated rings. The van der Waals surface area contributed by atoms with Crippen molar-refractivity contribution in [3.8, 4) is 0 Å². The lowest BCUT2D eigenvalue weighted by molar-refractivity contribution is 0.555. The third-order valence-electron chi connectivity index (χ3n) is 3.02. The van der Waals surface area contributed by atoms with E-state index < -0.39 is 0 Å². The van der Waals surface area contributed by atoms with E-state index in [-0.39, 0.29) is 5.41 Å². The maximum Gasteiger partial charge on any atom is 0.222 e. The van der Waals surface area contributed by atoms with E-state index in [2.05, 4.69) is 53.4 Å². The number of benzene rings is 1. The molecular weight excluding hydrogens is 222 g/mol. The second-order valence-electron chi connectivity index (χ2n) is 5.19. The van der Waals surface area contributed by atoms with Crippen LogP contribution in [-0.4, -0.2) is 16.5 Å². The van der Waals surface area contributed by atoms with E-state index in [9.17, 15) is 0 Å². The van der Waals surface area contributed by atoms with Crippen LogP contribution in [0.5, 0.6) is 0 Å². The van der Waals surface area contributed by atoms with Gasteiger partial charge in [-0.15, -0.1) is 0 Å². The third kappa shape index (κ3) is 3.06. The standard InChI is InChI=1S/C15H19N3/c1-12-9-16-14(17-10-12)18-11-15(2,3)13-7-5-4-6-8-13/h4-10H,11H2,1-3H3,(H,16,17,18). The van der Waals surface area contributed by atoms with Gasteiger partial charge in [0.1, 0.15) is 0 Å². The van der Waals surface area contributed by atoms with Gasteiger partial charge in [0.2, 0.25) is 5.95 Å². The molecule has 0 unspecified atom stereocenters. The van der Waals surface area contributed by atoms with Gasteiger partial charge in [-0.05, 0) is 18.1 Å². The van der Waals surface area contributed by atoms with Crippen molar-refractivity contribution >= 4 is 5.95 Å². The van der Waals surface area contributed by atoms with Crippen molar-refractivity contribution in [3.63, 3.8) is 0 Å². The Balaban J connectivity index is 2.03. The second-order valence-corrected chi connectivity index (χ2v) is 5.19. The van der Waals surface area contributed by atoms with Crippen LogP contribution in [0.1, 0.15) is 25.0 Å². The van der Waals surface area contributed by atoms with Crippen LogP contribution in [0.25, 0.3) is 0 Å². The highest BCUT2D eigenvalue weighted by atomic mass is 15.1. The van der Waals surface area contributed by atoms with Crippen LogP contribution in [0.15, 0.2) is 42.7 Å². The summed E-state index contributed by atoms with van der Waals surface area (Å²) in [7, 11) is 0. The maximum atomic E-state index is 4.25. The van der Waals surface area contributed by atoms with Gasteiger partial charge >= 0.3 is 0 Å². The molecule has 1 aromatic carbocycles. The van der Waals surface area contributed by atoms with E-state index in [0.717, 1.165) is 12.1 Å². The van der Waals surface area contributed by atoms with Crippen LogP contribution < -0.4 is 5.32 Å². The Morgan fingerprint density at radius 3 is 2.28 bits per heavy atom. The topological polar surface area (TPSA) is 37.8 Å². The van der Waals surface area contributed by atoms with Crippen LogP contribution in [-0.2, 0) is 5.41 Å². The van der Waals surface area contributed by atoms with E-state index >= 15 is 0 Å². The Hall–Kier alpha value is -1.90. The first-order valence-corrected chi connectivity index (χ1v) is 6.16. The first kappa shape index (κ1) is 12.6. The van der Waals surface area contributed by atoms with Gasteiger partial charge < -0.3 is 5.32 Å². The minimum absolute atomic E-state index is 0.0511. The highest BCUT2D eigenvalue weighted by Gasteiger charge is 2.20. The van der Waals surface area contributed by atoms with Crippen molar-refractivity contribution in [3.05, 3.63) is 53.9 Å². The van der Waals surface area contributed by atoms with Gasteiger partial charge in [0.15, 0.2) is 0 Å². The van der Waals surface area contributed by atoms with E-state index in [4.69, 9.17) is 0 Å². The summed E-state index contributed by atoms with van der Waals surface area (Å²) >= 11 is 0. The summed E-state index contributed by atoms with van der Waals surface area (Å²) in [6.45, 7) is 7.21. The highest BCUT2D eigenvalue weighted by Crippen LogP contribution is 2.22. The number of nitrogens with one attached hydrogen (secondary N) is 1. The summed E-state index contributed by atoms with van der Waals surface area (Å²) < 4.78 is 0. The molecule has 1 aromatic heterocycles. The van der Waals surface area contributed by atoms with Crippen LogP contribution in [0.2, 0.25) is 0 Å². The lowest BCUT2D eigenvalue weighted by atomic mass is 9.85. The largest absolute Gasteiger partial charge is 0.353 e. The molecule has 0 aliphatic carbocycles.